The molecule has 1 fully saturated rings. The molecule has 0 aromatic heterocycles. The molecule has 1 aromatic rings. The lowest BCUT2D eigenvalue weighted by molar-refractivity contribution is 0.0787. The molecule has 1 unspecified atom stereocenters. The summed E-state index contributed by atoms with van der Waals surface area (Å²) in [7, 11) is 4.60. The summed E-state index contributed by atoms with van der Waals surface area (Å²) >= 11 is 0. The highest BCUT2D eigenvalue weighted by Crippen LogP contribution is 2.38. The molecule has 0 bridgehead atoms. The Labute approximate surface area is 124 Å². The van der Waals surface area contributed by atoms with Gasteiger partial charge in [-0.3, -0.25) is 4.79 Å². The highest BCUT2D eigenvalue weighted by Gasteiger charge is 2.27. The number of hydrogen-bond donors (Lipinski definition) is 1. The molecule has 1 saturated heterocycles. The second-order valence-electron chi connectivity index (χ2n) is 5.06. The van der Waals surface area contributed by atoms with Crippen molar-refractivity contribution >= 4 is 5.91 Å². The highest BCUT2D eigenvalue weighted by molar-refractivity contribution is 5.95. The summed E-state index contributed by atoms with van der Waals surface area (Å²) in [6.07, 6.45) is 0.951. The number of nitrogens with two attached hydrogens (primary N) is 1. The Balaban J connectivity index is 2.29. The zero-order valence-electron chi connectivity index (χ0n) is 12.7. The number of carbonyl (C=O) groups is 1. The van der Waals surface area contributed by atoms with Crippen LogP contribution in [0.4, 0.5) is 0 Å². The zero-order valence-corrected chi connectivity index (χ0v) is 12.7. The van der Waals surface area contributed by atoms with Crippen molar-refractivity contribution in [2.75, 3.05) is 41.0 Å². The first-order valence-electron chi connectivity index (χ1n) is 6.93. The SMILES string of the molecule is COc1cc(C(=O)N2CCC(CN)C2)cc(OC)c1OC. The molecule has 1 atom stereocenters. The van der Waals surface area contributed by atoms with Gasteiger partial charge in [0.25, 0.3) is 5.91 Å². The number of likely N-dealkylation sites (tertiary alicyclic amines) is 1. The predicted octanol–water partition coefficient (Wildman–Crippen LogP) is 1.13. The highest BCUT2D eigenvalue weighted by atomic mass is 16.5. The number of carbonyl (C=O) groups excluding carboxylic acids is 1. The van der Waals surface area contributed by atoms with Crippen molar-refractivity contribution in [3.63, 3.8) is 0 Å². The van der Waals surface area contributed by atoms with Gasteiger partial charge in [0.15, 0.2) is 11.5 Å². The maximum absolute atomic E-state index is 12.6. The molecule has 1 aliphatic rings. The van der Waals surface area contributed by atoms with Crippen LogP contribution in [-0.2, 0) is 0 Å². The summed E-state index contributed by atoms with van der Waals surface area (Å²) in [4.78, 5) is 14.4. The van der Waals surface area contributed by atoms with Crippen molar-refractivity contribution in [2.24, 2.45) is 11.7 Å². The van der Waals surface area contributed by atoms with E-state index in [9.17, 15) is 4.79 Å². The van der Waals surface area contributed by atoms with E-state index in [1.54, 1.807) is 12.1 Å². The molecular formula is C15H22N2O4. The van der Waals surface area contributed by atoms with Crippen LogP contribution in [-0.4, -0.2) is 51.8 Å². The van der Waals surface area contributed by atoms with Crippen molar-refractivity contribution in [3.05, 3.63) is 17.7 Å². The van der Waals surface area contributed by atoms with Gasteiger partial charge in [-0.2, -0.15) is 0 Å². The Morgan fingerprint density at radius 1 is 1.24 bits per heavy atom. The molecular weight excluding hydrogens is 272 g/mol. The maximum atomic E-state index is 12.6. The Hall–Kier alpha value is -1.95. The molecule has 116 valence electrons. The predicted molar refractivity (Wildman–Crippen MR) is 79.2 cm³/mol. The fourth-order valence-corrected chi connectivity index (χ4v) is 2.60. The minimum Gasteiger partial charge on any atom is -0.493 e. The molecule has 0 spiro atoms. The molecule has 6 nitrogen and oxygen atoms in total. The average molecular weight is 294 g/mol. The Kier molecular flexibility index (Phi) is 4.90. The first-order valence-corrected chi connectivity index (χ1v) is 6.93. The van der Waals surface area contributed by atoms with Crippen LogP contribution in [0.1, 0.15) is 16.8 Å². The van der Waals surface area contributed by atoms with E-state index in [4.69, 9.17) is 19.9 Å². The minimum atomic E-state index is -0.0368. The molecule has 1 amide bonds. The normalized spacial score (nSPS) is 17.7. The zero-order chi connectivity index (χ0) is 15.4. The smallest absolute Gasteiger partial charge is 0.254 e. The third kappa shape index (κ3) is 3.05. The van der Waals surface area contributed by atoms with Crippen molar-refractivity contribution in [1.29, 1.82) is 0 Å². The quantitative estimate of drug-likeness (QED) is 0.881. The van der Waals surface area contributed by atoms with Gasteiger partial charge < -0.3 is 24.8 Å². The minimum absolute atomic E-state index is 0.0368. The molecule has 0 aliphatic carbocycles. The van der Waals surface area contributed by atoms with E-state index in [2.05, 4.69) is 0 Å². The molecule has 6 heteroatoms. The van der Waals surface area contributed by atoms with Gasteiger partial charge in [0.2, 0.25) is 5.75 Å². The molecule has 1 aliphatic heterocycles. The second kappa shape index (κ2) is 6.67. The van der Waals surface area contributed by atoms with Crippen molar-refractivity contribution in [1.82, 2.24) is 4.90 Å². The van der Waals surface area contributed by atoms with Gasteiger partial charge in [-0.1, -0.05) is 0 Å². The first kappa shape index (κ1) is 15.4. The molecule has 2 N–H and O–H groups in total. The van der Waals surface area contributed by atoms with Crippen LogP contribution in [0.2, 0.25) is 0 Å². The van der Waals surface area contributed by atoms with Gasteiger partial charge in [0, 0.05) is 18.7 Å². The summed E-state index contributed by atoms with van der Waals surface area (Å²) in [5.74, 6) is 1.79. The second-order valence-corrected chi connectivity index (χ2v) is 5.06. The number of amides is 1. The summed E-state index contributed by atoms with van der Waals surface area (Å²) < 4.78 is 15.8. The molecule has 1 aromatic carbocycles. The van der Waals surface area contributed by atoms with Crippen LogP contribution in [0.25, 0.3) is 0 Å². The van der Waals surface area contributed by atoms with Gasteiger partial charge in [0.1, 0.15) is 0 Å². The number of methoxy groups -OCH3 is 3. The van der Waals surface area contributed by atoms with E-state index in [1.165, 1.54) is 21.3 Å². The topological polar surface area (TPSA) is 74.0 Å². The fourth-order valence-electron chi connectivity index (χ4n) is 2.60. The average Bonchev–Trinajstić information content (AvgIpc) is 3.01. The lowest BCUT2D eigenvalue weighted by Crippen LogP contribution is -2.29. The van der Waals surface area contributed by atoms with Gasteiger partial charge in [-0.05, 0) is 31.0 Å². The van der Waals surface area contributed by atoms with Crippen LogP contribution in [0.3, 0.4) is 0 Å². The maximum Gasteiger partial charge on any atom is 0.254 e. The van der Waals surface area contributed by atoms with Gasteiger partial charge in [-0.15, -0.1) is 0 Å². The summed E-state index contributed by atoms with van der Waals surface area (Å²) in [6.45, 7) is 2.04. The van der Waals surface area contributed by atoms with E-state index in [1.807, 2.05) is 4.90 Å². The monoisotopic (exact) mass is 294 g/mol. The third-order valence-electron chi connectivity index (χ3n) is 3.82. The largest absolute Gasteiger partial charge is 0.493 e. The Morgan fingerprint density at radius 2 is 1.86 bits per heavy atom. The van der Waals surface area contributed by atoms with E-state index in [0.29, 0.717) is 41.8 Å². The number of nitrogens with zero attached hydrogens (tertiary/aromatic N) is 1. The Morgan fingerprint density at radius 3 is 2.29 bits per heavy atom. The number of hydrogen-bond acceptors (Lipinski definition) is 5. The lowest BCUT2D eigenvalue weighted by Gasteiger charge is -2.18. The molecule has 0 saturated carbocycles. The molecule has 0 radical (unpaired) electrons. The third-order valence-corrected chi connectivity index (χ3v) is 3.82. The first-order chi connectivity index (χ1) is 10.1. The van der Waals surface area contributed by atoms with Gasteiger partial charge in [-0.25, -0.2) is 0 Å². The van der Waals surface area contributed by atoms with E-state index in [-0.39, 0.29) is 5.91 Å². The summed E-state index contributed by atoms with van der Waals surface area (Å²) in [5.41, 5.74) is 6.20. The van der Waals surface area contributed by atoms with Crippen molar-refractivity contribution in [3.8, 4) is 17.2 Å². The standard InChI is InChI=1S/C15H22N2O4/c1-19-12-6-11(7-13(20-2)14(12)21-3)15(18)17-5-4-10(8-16)9-17/h6-7,10H,4-5,8-9,16H2,1-3H3. The van der Waals surface area contributed by atoms with Gasteiger partial charge in [0.05, 0.1) is 21.3 Å². The van der Waals surface area contributed by atoms with Crippen molar-refractivity contribution in [2.45, 2.75) is 6.42 Å². The molecule has 1 heterocycles. The molecule has 2 rings (SSSR count). The number of benzene rings is 1. The number of ether oxygens (including phenoxy) is 3. The van der Waals surface area contributed by atoms with E-state index >= 15 is 0 Å². The Bertz CT molecular complexity index is 493. The molecule has 21 heavy (non-hydrogen) atoms. The van der Waals surface area contributed by atoms with Crippen LogP contribution < -0.4 is 19.9 Å². The van der Waals surface area contributed by atoms with Crippen molar-refractivity contribution < 1.29 is 19.0 Å². The van der Waals surface area contributed by atoms with E-state index in [0.717, 1.165) is 13.0 Å². The van der Waals surface area contributed by atoms with Crippen LogP contribution >= 0.6 is 0 Å². The summed E-state index contributed by atoms with van der Waals surface area (Å²) in [6, 6.07) is 3.36. The fraction of sp³-hybridized carbons (Fsp3) is 0.533. The summed E-state index contributed by atoms with van der Waals surface area (Å²) in [5, 5.41) is 0. The van der Waals surface area contributed by atoms with Crippen LogP contribution in [0.5, 0.6) is 17.2 Å². The van der Waals surface area contributed by atoms with E-state index < -0.39 is 0 Å². The van der Waals surface area contributed by atoms with Gasteiger partial charge >= 0.3 is 0 Å². The number of rotatable bonds is 5. The van der Waals surface area contributed by atoms with Crippen LogP contribution in [0.15, 0.2) is 12.1 Å². The van der Waals surface area contributed by atoms with Crippen LogP contribution in [0, 0.1) is 5.92 Å². The lowest BCUT2D eigenvalue weighted by atomic mass is 10.1.